The van der Waals surface area contributed by atoms with Crippen LogP contribution in [0.3, 0.4) is 0 Å². The maximum Gasteiger partial charge on any atom is 0.259 e. The van der Waals surface area contributed by atoms with Crippen LogP contribution in [0.5, 0.6) is 11.6 Å². The fourth-order valence-electron chi connectivity index (χ4n) is 4.21. The molecule has 1 aromatic heterocycles. The largest absolute Gasteiger partial charge is 0.497 e. The molecule has 1 aliphatic carbocycles. The number of anilines is 1. The van der Waals surface area contributed by atoms with Gasteiger partial charge in [-0.3, -0.25) is 4.79 Å². The number of methoxy groups -OCH3 is 1. The molecule has 2 aliphatic rings. The first-order chi connectivity index (χ1) is 12.9. The minimum Gasteiger partial charge on any atom is -0.497 e. The average Bonchev–Trinajstić information content (AvgIpc) is 3.41. The van der Waals surface area contributed by atoms with Crippen molar-refractivity contribution in [3.05, 3.63) is 47.7 Å². The Hall–Kier alpha value is -2.56. The maximum atomic E-state index is 13.2. The number of hydrogen-bond donors (Lipinski definition) is 0. The summed E-state index contributed by atoms with van der Waals surface area (Å²) in [5.41, 5.74) is 2.44. The van der Waals surface area contributed by atoms with E-state index >= 15 is 0 Å². The van der Waals surface area contributed by atoms with Crippen molar-refractivity contribution in [2.75, 3.05) is 18.6 Å². The lowest BCUT2D eigenvalue weighted by Gasteiger charge is -2.37. The summed E-state index contributed by atoms with van der Waals surface area (Å²) in [6, 6.07) is 9.56. The van der Waals surface area contributed by atoms with Gasteiger partial charge in [0.05, 0.1) is 12.7 Å². The van der Waals surface area contributed by atoms with Gasteiger partial charge < -0.3 is 14.4 Å². The van der Waals surface area contributed by atoms with E-state index in [0.29, 0.717) is 18.0 Å². The summed E-state index contributed by atoms with van der Waals surface area (Å²) in [4.78, 5) is 19.5. The van der Waals surface area contributed by atoms with Crippen molar-refractivity contribution >= 4 is 11.6 Å². The molecular weight excluding hydrogens is 340 g/mol. The smallest absolute Gasteiger partial charge is 0.259 e. The molecule has 2 aromatic rings. The fourth-order valence-corrected chi connectivity index (χ4v) is 4.21. The summed E-state index contributed by atoms with van der Waals surface area (Å²) in [5, 5.41) is 0. The highest BCUT2D eigenvalue weighted by atomic mass is 16.5. The number of carbonyl (C=O) groups is 1. The van der Waals surface area contributed by atoms with E-state index in [1.807, 2.05) is 37.3 Å². The zero-order chi connectivity index (χ0) is 19.2. The number of carbonyl (C=O) groups excluding carboxylic acids is 1. The fraction of sp³-hybridized carbons (Fsp3) is 0.455. The van der Waals surface area contributed by atoms with E-state index in [4.69, 9.17) is 9.47 Å². The minimum absolute atomic E-state index is 0.0540. The van der Waals surface area contributed by atoms with Gasteiger partial charge in [-0.15, -0.1) is 0 Å². The van der Waals surface area contributed by atoms with Gasteiger partial charge in [-0.25, -0.2) is 4.98 Å². The lowest BCUT2D eigenvalue weighted by atomic mass is 9.82. The standard InChI is InChI=1S/C22H26N2O3/c1-5-24(16-7-6-8-17(12-16)26-4)20(25)15-11-18-19(23-13-15)27-21(2,3)14-22(18)9-10-22/h6-8,11-13H,5,9-10,14H2,1-4H3. The second-order valence-corrected chi connectivity index (χ2v) is 8.15. The molecule has 0 radical (unpaired) electrons. The molecule has 5 nitrogen and oxygen atoms in total. The van der Waals surface area contributed by atoms with Crippen LogP contribution in [-0.2, 0) is 5.41 Å². The molecule has 142 valence electrons. The molecule has 1 spiro atoms. The molecule has 1 saturated carbocycles. The Morgan fingerprint density at radius 1 is 1.30 bits per heavy atom. The number of benzene rings is 1. The Labute approximate surface area is 160 Å². The highest BCUT2D eigenvalue weighted by Gasteiger charge is 2.53. The van der Waals surface area contributed by atoms with E-state index in [1.54, 1.807) is 18.2 Å². The quantitative estimate of drug-likeness (QED) is 0.807. The van der Waals surface area contributed by atoms with Crippen molar-refractivity contribution in [2.24, 2.45) is 0 Å². The second-order valence-electron chi connectivity index (χ2n) is 8.15. The predicted molar refractivity (Wildman–Crippen MR) is 105 cm³/mol. The third kappa shape index (κ3) is 3.15. The van der Waals surface area contributed by atoms with E-state index in [-0.39, 0.29) is 16.9 Å². The molecule has 1 aromatic carbocycles. The number of ether oxygens (including phenoxy) is 2. The monoisotopic (exact) mass is 366 g/mol. The van der Waals surface area contributed by atoms with E-state index in [0.717, 1.165) is 36.3 Å². The van der Waals surface area contributed by atoms with Crippen LogP contribution in [0.25, 0.3) is 0 Å². The first-order valence-electron chi connectivity index (χ1n) is 9.53. The number of pyridine rings is 1. The lowest BCUT2D eigenvalue weighted by molar-refractivity contribution is 0.0609. The number of aromatic nitrogens is 1. The Morgan fingerprint density at radius 3 is 2.74 bits per heavy atom. The van der Waals surface area contributed by atoms with Crippen molar-refractivity contribution in [3.63, 3.8) is 0 Å². The molecule has 27 heavy (non-hydrogen) atoms. The number of nitrogens with zero attached hydrogens (tertiary/aromatic N) is 2. The van der Waals surface area contributed by atoms with Gasteiger partial charge in [-0.2, -0.15) is 0 Å². The first kappa shape index (κ1) is 17.8. The molecule has 0 atom stereocenters. The van der Waals surface area contributed by atoms with Crippen LogP contribution in [0.4, 0.5) is 5.69 Å². The summed E-state index contributed by atoms with van der Waals surface area (Å²) in [5.74, 6) is 1.36. The van der Waals surface area contributed by atoms with Crippen LogP contribution in [0.2, 0.25) is 0 Å². The Morgan fingerprint density at radius 2 is 2.07 bits per heavy atom. The van der Waals surface area contributed by atoms with Crippen LogP contribution in [-0.4, -0.2) is 30.1 Å². The Bertz CT molecular complexity index is 887. The normalized spacial score (nSPS) is 18.4. The minimum atomic E-state index is -0.210. The second kappa shape index (κ2) is 6.25. The number of amides is 1. The van der Waals surface area contributed by atoms with Crippen LogP contribution < -0.4 is 14.4 Å². The van der Waals surface area contributed by atoms with Crippen molar-refractivity contribution < 1.29 is 14.3 Å². The Kier molecular flexibility index (Phi) is 4.13. The Balaban J connectivity index is 1.68. The molecule has 0 saturated heterocycles. The molecule has 0 N–H and O–H groups in total. The third-order valence-electron chi connectivity index (χ3n) is 5.59. The first-order valence-corrected chi connectivity index (χ1v) is 9.53. The summed E-state index contributed by atoms with van der Waals surface area (Å²) in [6.45, 7) is 6.76. The van der Waals surface area contributed by atoms with Crippen LogP contribution >= 0.6 is 0 Å². The van der Waals surface area contributed by atoms with Crippen molar-refractivity contribution in [1.29, 1.82) is 0 Å². The number of hydrogen-bond acceptors (Lipinski definition) is 4. The predicted octanol–water partition coefficient (Wildman–Crippen LogP) is 4.35. The van der Waals surface area contributed by atoms with Gasteiger partial charge in [0, 0.05) is 35.5 Å². The van der Waals surface area contributed by atoms with Gasteiger partial charge in [0.1, 0.15) is 11.4 Å². The molecular formula is C22H26N2O3. The average molecular weight is 366 g/mol. The van der Waals surface area contributed by atoms with E-state index in [1.165, 1.54) is 0 Å². The van der Waals surface area contributed by atoms with Crippen molar-refractivity contribution in [3.8, 4) is 11.6 Å². The molecule has 1 fully saturated rings. The van der Waals surface area contributed by atoms with Gasteiger partial charge in [0.2, 0.25) is 5.88 Å². The molecule has 4 rings (SSSR count). The highest BCUT2D eigenvalue weighted by molar-refractivity contribution is 6.06. The van der Waals surface area contributed by atoms with Crippen molar-refractivity contribution in [1.82, 2.24) is 4.98 Å². The van der Waals surface area contributed by atoms with E-state index in [9.17, 15) is 4.79 Å². The van der Waals surface area contributed by atoms with Gasteiger partial charge in [-0.05, 0) is 58.2 Å². The van der Waals surface area contributed by atoms with E-state index < -0.39 is 0 Å². The summed E-state index contributed by atoms with van der Waals surface area (Å²) in [6.07, 6.45) is 4.89. The summed E-state index contributed by atoms with van der Waals surface area (Å²) in [7, 11) is 1.63. The number of fused-ring (bicyclic) bond motifs is 2. The van der Waals surface area contributed by atoms with Gasteiger partial charge in [0.15, 0.2) is 0 Å². The SMILES string of the molecule is CCN(C(=O)c1cnc2c(c1)C1(CC1)CC(C)(C)O2)c1cccc(OC)c1. The topological polar surface area (TPSA) is 51.7 Å². The van der Waals surface area contributed by atoms with Gasteiger partial charge >= 0.3 is 0 Å². The zero-order valence-electron chi connectivity index (χ0n) is 16.4. The molecule has 5 heteroatoms. The third-order valence-corrected chi connectivity index (χ3v) is 5.59. The molecule has 0 bridgehead atoms. The van der Waals surface area contributed by atoms with E-state index in [2.05, 4.69) is 18.8 Å². The zero-order valence-corrected chi connectivity index (χ0v) is 16.4. The van der Waals surface area contributed by atoms with Crippen LogP contribution in [0.15, 0.2) is 36.5 Å². The van der Waals surface area contributed by atoms with Gasteiger partial charge in [0.25, 0.3) is 5.91 Å². The maximum absolute atomic E-state index is 13.2. The number of rotatable bonds is 4. The lowest BCUT2D eigenvalue weighted by Crippen LogP contribution is -2.39. The highest BCUT2D eigenvalue weighted by Crippen LogP contribution is 2.58. The summed E-state index contributed by atoms with van der Waals surface area (Å²) >= 11 is 0. The van der Waals surface area contributed by atoms with Gasteiger partial charge in [-0.1, -0.05) is 6.07 Å². The molecule has 2 heterocycles. The summed E-state index contributed by atoms with van der Waals surface area (Å²) < 4.78 is 11.4. The molecule has 1 aliphatic heterocycles. The van der Waals surface area contributed by atoms with Crippen molar-refractivity contribution in [2.45, 2.75) is 51.0 Å². The molecule has 1 amide bonds. The van der Waals surface area contributed by atoms with Crippen LogP contribution in [0.1, 0.15) is 56.0 Å². The molecule has 0 unspecified atom stereocenters. The van der Waals surface area contributed by atoms with Crippen LogP contribution in [0, 0.1) is 0 Å².